The highest BCUT2D eigenvalue weighted by Gasteiger charge is 2.38. The van der Waals surface area contributed by atoms with Gasteiger partial charge in [0.1, 0.15) is 0 Å². The second-order valence-electron chi connectivity index (χ2n) is 6.30. The van der Waals surface area contributed by atoms with Crippen molar-refractivity contribution in [3.8, 4) is 0 Å². The van der Waals surface area contributed by atoms with Crippen LogP contribution < -0.4 is 10.2 Å². The molecule has 1 aromatic rings. The number of anilines is 1. The van der Waals surface area contributed by atoms with E-state index in [1.54, 1.807) is 4.90 Å². The number of nitrogens with zero attached hydrogens (tertiary/aromatic N) is 2. The molecule has 2 atom stereocenters. The molecule has 0 aliphatic carbocycles. The smallest absolute Gasteiger partial charge is 0.228 e. The average molecular weight is 417 g/mol. The molecule has 5 nitrogen and oxygen atoms in total. The Morgan fingerprint density at radius 3 is 2.83 bits per heavy atom. The summed E-state index contributed by atoms with van der Waals surface area (Å²) in [6.45, 7) is 2.03. The Morgan fingerprint density at radius 1 is 1.33 bits per heavy atom. The first-order chi connectivity index (χ1) is 11.1. The van der Waals surface area contributed by atoms with Crippen molar-refractivity contribution in [3.63, 3.8) is 0 Å². The quantitative estimate of drug-likeness (QED) is 0.823. The molecule has 2 fully saturated rings. The highest BCUT2D eigenvalue weighted by atomic mass is 79.9. The van der Waals surface area contributed by atoms with Crippen molar-refractivity contribution < 1.29 is 9.59 Å². The first-order valence-electron chi connectivity index (χ1n) is 8.10. The van der Waals surface area contributed by atoms with Crippen molar-refractivity contribution in [3.05, 3.63) is 28.7 Å². The SMILES string of the molecule is CNC1CCCN(C(=O)C2CC(=O)N(c3cccc(Br)c3)C2)C1.Cl. The number of amides is 2. The lowest BCUT2D eigenvalue weighted by molar-refractivity contribution is -0.137. The maximum Gasteiger partial charge on any atom is 0.228 e. The second kappa shape index (κ2) is 8.32. The number of benzene rings is 1. The van der Waals surface area contributed by atoms with E-state index < -0.39 is 0 Å². The Bertz CT molecular complexity index is 613. The molecular weight excluding hydrogens is 394 g/mol. The number of likely N-dealkylation sites (N-methyl/N-ethyl adjacent to an activating group) is 1. The number of hydrogen-bond acceptors (Lipinski definition) is 3. The molecule has 2 heterocycles. The van der Waals surface area contributed by atoms with Crippen molar-refractivity contribution in [1.82, 2.24) is 10.2 Å². The van der Waals surface area contributed by atoms with E-state index in [-0.39, 0.29) is 30.1 Å². The van der Waals surface area contributed by atoms with Crippen LogP contribution in [0.2, 0.25) is 0 Å². The molecule has 1 aromatic carbocycles. The topological polar surface area (TPSA) is 52.7 Å². The predicted octanol–water partition coefficient (Wildman–Crippen LogP) is 2.43. The number of carbonyl (C=O) groups is 2. The van der Waals surface area contributed by atoms with Gasteiger partial charge in [-0.1, -0.05) is 22.0 Å². The summed E-state index contributed by atoms with van der Waals surface area (Å²) in [6, 6.07) is 8.03. The van der Waals surface area contributed by atoms with E-state index in [9.17, 15) is 9.59 Å². The van der Waals surface area contributed by atoms with Gasteiger partial charge >= 0.3 is 0 Å². The summed E-state index contributed by atoms with van der Waals surface area (Å²) in [7, 11) is 1.94. The Morgan fingerprint density at radius 2 is 2.12 bits per heavy atom. The molecule has 0 radical (unpaired) electrons. The van der Waals surface area contributed by atoms with E-state index in [1.807, 2.05) is 36.2 Å². The van der Waals surface area contributed by atoms with Crippen LogP contribution in [0.3, 0.4) is 0 Å². The van der Waals surface area contributed by atoms with Crippen molar-refractivity contribution in [2.45, 2.75) is 25.3 Å². The van der Waals surface area contributed by atoms with Gasteiger partial charge in [0.05, 0.1) is 5.92 Å². The highest BCUT2D eigenvalue weighted by Crippen LogP contribution is 2.28. The van der Waals surface area contributed by atoms with E-state index in [0.717, 1.165) is 36.1 Å². The molecule has 1 N–H and O–H groups in total. The zero-order valence-electron chi connectivity index (χ0n) is 13.7. The minimum atomic E-state index is -0.225. The van der Waals surface area contributed by atoms with Gasteiger partial charge in [-0.05, 0) is 38.1 Å². The Labute approximate surface area is 157 Å². The molecule has 2 aliphatic heterocycles. The molecule has 24 heavy (non-hydrogen) atoms. The fraction of sp³-hybridized carbons (Fsp3) is 0.529. The number of piperidine rings is 1. The van der Waals surface area contributed by atoms with E-state index in [1.165, 1.54) is 0 Å². The molecule has 0 aromatic heterocycles. The second-order valence-corrected chi connectivity index (χ2v) is 7.21. The van der Waals surface area contributed by atoms with E-state index in [2.05, 4.69) is 21.2 Å². The molecule has 2 aliphatic rings. The Hall–Kier alpha value is -1.11. The normalized spacial score (nSPS) is 24.0. The number of halogens is 2. The van der Waals surface area contributed by atoms with E-state index in [4.69, 9.17) is 0 Å². The highest BCUT2D eigenvalue weighted by molar-refractivity contribution is 9.10. The van der Waals surface area contributed by atoms with Gasteiger partial charge in [-0.15, -0.1) is 12.4 Å². The summed E-state index contributed by atoms with van der Waals surface area (Å²) >= 11 is 3.43. The molecule has 3 rings (SSSR count). The van der Waals surface area contributed by atoms with Gasteiger partial charge in [0.2, 0.25) is 11.8 Å². The van der Waals surface area contributed by atoms with Crippen LogP contribution in [0.25, 0.3) is 0 Å². The molecule has 0 spiro atoms. The van der Waals surface area contributed by atoms with Crippen LogP contribution in [0.1, 0.15) is 19.3 Å². The molecule has 2 saturated heterocycles. The third kappa shape index (κ3) is 4.10. The zero-order valence-corrected chi connectivity index (χ0v) is 16.1. The predicted molar refractivity (Wildman–Crippen MR) is 101 cm³/mol. The van der Waals surface area contributed by atoms with Crippen LogP contribution in [0.4, 0.5) is 5.69 Å². The summed E-state index contributed by atoms with van der Waals surface area (Å²) < 4.78 is 0.936. The van der Waals surface area contributed by atoms with Crippen LogP contribution in [-0.2, 0) is 9.59 Å². The van der Waals surface area contributed by atoms with E-state index in [0.29, 0.717) is 19.0 Å². The lowest BCUT2D eigenvalue weighted by atomic mass is 10.0. The van der Waals surface area contributed by atoms with Gasteiger partial charge in [0, 0.05) is 42.3 Å². The molecule has 2 unspecified atom stereocenters. The molecular formula is C17H23BrClN3O2. The number of rotatable bonds is 3. The lowest BCUT2D eigenvalue weighted by Gasteiger charge is -2.34. The lowest BCUT2D eigenvalue weighted by Crippen LogP contribution is -2.49. The standard InChI is InChI=1S/C17H22BrN3O2.ClH/c1-19-14-5-3-7-20(11-14)17(23)12-8-16(22)21(10-12)15-6-2-4-13(18)9-15;/h2,4,6,9,12,14,19H,3,5,7-8,10-11H2,1H3;1H. The Kier molecular flexibility index (Phi) is 6.66. The molecule has 132 valence electrons. The summed E-state index contributed by atoms with van der Waals surface area (Å²) in [6.07, 6.45) is 2.44. The van der Waals surface area contributed by atoms with Gasteiger partial charge in [0.25, 0.3) is 0 Å². The summed E-state index contributed by atoms with van der Waals surface area (Å²) in [4.78, 5) is 28.7. The first-order valence-corrected chi connectivity index (χ1v) is 8.89. The Balaban J connectivity index is 0.00000208. The maximum atomic E-state index is 12.8. The minimum Gasteiger partial charge on any atom is -0.341 e. The molecule has 2 amide bonds. The number of carbonyl (C=O) groups excluding carboxylic acids is 2. The fourth-order valence-corrected chi connectivity index (χ4v) is 3.82. The van der Waals surface area contributed by atoms with Gasteiger partial charge in [-0.2, -0.15) is 0 Å². The maximum absolute atomic E-state index is 12.8. The van der Waals surface area contributed by atoms with Crippen molar-refractivity contribution in [2.24, 2.45) is 5.92 Å². The fourth-order valence-electron chi connectivity index (χ4n) is 3.44. The molecule has 0 saturated carbocycles. The third-order valence-corrected chi connectivity index (χ3v) is 5.23. The zero-order chi connectivity index (χ0) is 16.4. The van der Waals surface area contributed by atoms with Crippen molar-refractivity contribution in [1.29, 1.82) is 0 Å². The van der Waals surface area contributed by atoms with Crippen LogP contribution in [0, 0.1) is 5.92 Å². The number of hydrogen-bond donors (Lipinski definition) is 1. The van der Waals surface area contributed by atoms with Crippen LogP contribution in [0.15, 0.2) is 28.7 Å². The van der Waals surface area contributed by atoms with Gasteiger partial charge in [-0.3, -0.25) is 9.59 Å². The van der Waals surface area contributed by atoms with Crippen LogP contribution in [0.5, 0.6) is 0 Å². The number of nitrogens with one attached hydrogen (secondary N) is 1. The summed E-state index contributed by atoms with van der Waals surface area (Å²) in [5.74, 6) is -0.0727. The van der Waals surface area contributed by atoms with Crippen molar-refractivity contribution >= 4 is 45.8 Å². The van der Waals surface area contributed by atoms with Crippen LogP contribution >= 0.6 is 28.3 Å². The van der Waals surface area contributed by atoms with E-state index >= 15 is 0 Å². The van der Waals surface area contributed by atoms with Crippen LogP contribution in [-0.4, -0.2) is 49.4 Å². The molecule has 7 heteroatoms. The van der Waals surface area contributed by atoms with Crippen molar-refractivity contribution in [2.75, 3.05) is 31.6 Å². The minimum absolute atomic E-state index is 0. The average Bonchev–Trinajstić information content (AvgIpc) is 2.96. The van der Waals surface area contributed by atoms with Gasteiger partial charge < -0.3 is 15.1 Å². The summed E-state index contributed by atoms with van der Waals surface area (Å²) in [5, 5.41) is 3.25. The monoisotopic (exact) mass is 415 g/mol. The molecule has 0 bridgehead atoms. The number of likely N-dealkylation sites (tertiary alicyclic amines) is 1. The first kappa shape index (κ1) is 19.2. The summed E-state index contributed by atoms with van der Waals surface area (Å²) in [5.41, 5.74) is 0.853. The van der Waals surface area contributed by atoms with Gasteiger partial charge in [-0.25, -0.2) is 0 Å². The third-order valence-electron chi connectivity index (χ3n) is 4.74. The van der Waals surface area contributed by atoms with Gasteiger partial charge in [0.15, 0.2) is 0 Å². The largest absolute Gasteiger partial charge is 0.341 e.